The summed E-state index contributed by atoms with van der Waals surface area (Å²) in [5.74, 6) is 1.04. The summed E-state index contributed by atoms with van der Waals surface area (Å²) in [7, 11) is 8.58. The van der Waals surface area contributed by atoms with Gasteiger partial charge in [0.1, 0.15) is 11.3 Å². The number of hydrogen-bond donors (Lipinski definition) is 0. The SMILES string of the molecule is COCCCOc1cc(SCl)cn2c(-c3nnc(C(F)F)s3)nc(C)c12. The van der Waals surface area contributed by atoms with Crippen molar-refractivity contribution in [3.63, 3.8) is 0 Å². The van der Waals surface area contributed by atoms with Crippen molar-refractivity contribution in [1.82, 2.24) is 19.6 Å². The van der Waals surface area contributed by atoms with E-state index in [0.717, 1.165) is 39.1 Å². The maximum absolute atomic E-state index is 12.8. The van der Waals surface area contributed by atoms with E-state index in [0.29, 0.717) is 35.5 Å². The smallest absolute Gasteiger partial charge is 0.291 e. The van der Waals surface area contributed by atoms with Crippen LogP contribution >= 0.6 is 33.0 Å². The molecule has 0 aromatic carbocycles. The van der Waals surface area contributed by atoms with Crippen LogP contribution < -0.4 is 4.74 Å². The van der Waals surface area contributed by atoms with Gasteiger partial charge in [-0.2, -0.15) is 0 Å². The first-order chi connectivity index (χ1) is 12.5. The van der Waals surface area contributed by atoms with E-state index in [1.54, 1.807) is 17.7 Å². The van der Waals surface area contributed by atoms with Crippen LogP contribution in [0.15, 0.2) is 17.2 Å². The van der Waals surface area contributed by atoms with Crippen molar-refractivity contribution >= 4 is 38.5 Å². The number of rotatable bonds is 8. The van der Waals surface area contributed by atoms with Gasteiger partial charge in [-0.05, 0) is 34.6 Å². The number of ether oxygens (including phenoxy) is 2. The fourth-order valence-corrected chi connectivity index (χ4v) is 3.67. The normalized spacial score (nSPS) is 11.6. The van der Waals surface area contributed by atoms with Crippen molar-refractivity contribution in [3.8, 4) is 16.6 Å². The summed E-state index contributed by atoms with van der Waals surface area (Å²) < 4.78 is 38.3. The van der Waals surface area contributed by atoms with Crippen LogP contribution in [0.4, 0.5) is 8.78 Å². The molecule has 26 heavy (non-hydrogen) atoms. The zero-order chi connectivity index (χ0) is 18.7. The second-order valence-corrected chi connectivity index (χ2v) is 7.40. The standard InChI is InChI=1S/C15H15ClF2N4O2S2/c1-8-11-10(24-5-3-4-23-2)6-9(26-16)7-22(11)13(19-8)15-21-20-14(25-15)12(17)18/h6-7,12H,3-5H2,1-2H3. The lowest BCUT2D eigenvalue weighted by molar-refractivity contribution is 0.150. The zero-order valence-electron chi connectivity index (χ0n) is 13.9. The largest absolute Gasteiger partial charge is 0.491 e. The van der Waals surface area contributed by atoms with Crippen LogP contribution in [-0.2, 0) is 4.74 Å². The summed E-state index contributed by atoms with van der Waals surface area (Å²) in [4.78, 5) is 5.22. The van der Waals surface area contributed by atoms with E-state index < -0.39 is 6.43 Å². The molecular formula is C15H15ClF2N4O2S2. The number of hydrogen-bond acceptors (Lipinski definition) is 7. The van der Waals surface area contributed by atoms with Gasteiger partial charge in [0.15, 0.2) is 15.8 Å². The molecule has 0 saturated carbocycles. The summed E-state index contributed by atoms with van der Waals surface area (Å²) >= 11 is 0.813. The minimum atomic E-state index is -2.66. The van der Waals surface area contributed by atoms with Gasteiger partial charge in [-0.25, -0.2) is 13.8 Å². The number of imidazole rings is 1. The minimum Gasteiger partial charge on any atom is -0.491 e. The van der Waals surface area contributed by atoms with Crippen LogP contribution in [-0.4, -0.2) is 39.9 Å². The van der Waals surface area contributed by atoms with Crippen LogP contribution in [0.3, 0.4) is 0 Å². The monoisotopic (exact) mass is 420 g/mol. The summed E-state index contributed by atoms with van der Waals surface area (Å²) in [5, 5.41) is 7.35. The number of nitrogens with zero attached hydrogens (tertiary/aromatic N) is 4. The molecule has 0 unspecified atom stereocenters. The summed E-state index contributed by atoms with van der Waals surface area (Å²) in [6, 6.07) is 1.82. The molecule has 140 valence electrons. The molecule has 3 aromatic rings. The second-order valence-electron chi connectivity index (χ2n) is 5.30. The summed E-state index contributed by atoms with van der Waals surface area (Å²) in [6.07, 6.45) is -0.162. The zero-order valence-corrected chi connectivity index (χ0v) is 16.3. The Morgan fingerprint density at radius 2 is 2.15 bits per heavy atom. The van der Waals surface area contributed by atoms with Crippen molar-refractivity contribution in [3.05, 3.63) is 23.0 Å². The Bertz CT molecular complexity index is 903. The van der Waals surface area contributed by atoms with Crippen LogP contribution in [0.2, 0.25) is 0 Å². The fraction of sp³-hybridized carbons (Fsp3) is 0.400. The molecule has 3 rings (SSSR count). The van der Waals surface area contributed by atoms with Gasteiger partial charge in [0.2, 0.25) is 0 Å². The lowest BCUT2D eigenvalue weighted by Gasteiger charge is -2.10. The van der Waals surface area contributed by atoms with E-state index in [-0.39, 0.29) is 5.01 Å². The Labute approximate surface area is 161 Å². The number of fused-ring (bicyclic) bond motifs is 1. The maximum Gasteiger partial charge on any atom is 0.291 e. The van der Waals surface area contributed by atoms with Crippen molar-refractivity contribution in [2.75, 3.05) is 20.3 Å². The van der Waals surface area contributed by atoms with Gasteiger partial charge in [0.05, 0.1) is 12.3 Å². The van der Waals surface area contributed by atoms with Crippen LogP contribution in [0.25, 0.3) is 16.3 Å². The molecule has 0 saturated heterocycles. The molecule has 0 spiro atoms. The first kappa shape index (κ1) is 19.3. The molecule has 3 aromatic heterocycles. The lowest BCUT2D eigenvalue weighted by Crippen LogP contribution is -2.03. The third kappa shape index (κ3) is 3.93. The summed E-state index contributed by atoms with van der Waals surface area (Å²) in [6.45, 7) is 2.88. The van der Waals surface area contributed by atoms with Gasteiger partial charge in [-0.15, -0.1) is 10.2 Å². The highest BCUT2D eigenvalue weighted by Gasteiger charge is 2.21. The molecule has 11 heteroatoms. The molecule has 3 heterocycles. The highest BCUT2D eigenvalue weighted by atomic mass is 35.7. The van der Waals surface area contributed by atoms with E-state index in [4.69, 9.17) is 20.2 Å². The third-order valence-electron chi connectivity index (χ3n) is 3.51. The molecule has 0 N–H and O–H groups in total. The van der Waals surface area contributed by atoms with Crippen molar-refractivity contribution in [2.45, 2.75) is 24.7 Å². The Morgan fingerprint density at radius 1 is 1.35 bits per heavy atom. The number of methoxy groups -OCH3 is 1. The van der Waals surface area contributed by atoms with Gasteiger partial charge in [-0.3, -0.25) is 4.40 Å². The Morgan fingerprint density at radius 3 is 2.81 bits per heavy atom. The summed E-state index contributed by atoms with van der Waals surface area (Å²) in [5.41, 5.74) is 1.43. The van der Waals surface area contributed by atoms with E-state index >= 15 is 0 Å². The molecule has 0 aliphatic carbocycles. The van der Waals surface area contributed by atoms with Crippen LogP contribution in [0.1, 0.15) is 23.5 Å². The van der Waals surface area contributed by atoms with E-state index in [2.05, 4.69) is 15.2 Å². The first-order valence-corrected chi connectivity index (χ1v) is 10.1. The molecular weight excluding hydrogens is 406 g/mol. The Kier molecular flexibility index (Phi) is 6.28. The topological polar surface area (TPSA) is 61.5 Å². The fourth-order valence-electron chi connectivity index (χ4n) is 2.43. The molecule has 0 atom stereocenters. The molecule has 6 nitrogen and oxygen atoms in total. The van der Waals surface area contributed by atoms with Gasteiger partial charge < -0.3 is 9.47 Å². The molecule has 0 radical (unpaired) electrons. The second kappa shape index (κ2) is 8.47. The molecule has 0 amide bonds. The number of pyridine rings is 1. The molecule has 0 bridgehead atoms. The average Bonchev–Trinajstić information content (AvgIpc) is 3.23. The highest BCUT2D eigenvalue weighted by Crippen LogP contribution is 2.36. The molecule has 0 aliphatic heterocycles. The van der Waals surface area contributed by atoms with Gasteiger partial charge in [0.25, 0.3) is 6.43 Å². The number of alkyl halides is 2. The average molecular weight is 421 g/mol. The lowest BCUT2D eigenvalue weighted by atomic mass is 10.3. The molecule has 0 fully saturated rings. The van der Waals surface area contributed by atoms with Gasteiger partial charge >= 0.3 is 0 Å². The molecule has 0 aliphatic rings. The van der Waals surface area contributed by atoms with Crippen LogP contribution in [0.5, 0.6) is 5.75 Å². The first-order valence-electron chi connectivity index (χ1n) is 7.60. The number of aromatic nitrogens is 4. The van der Waals surface area contributed by atoms with E-state index in [9.17, 15) is 8.78 Å². The van der Waals surface area contributed by atoms with Gasteiger partial charge in [-0.1, -0.05) is 11.3 Å². The third-order valence-corrected chi connectivity index (χ3v) is 5.37. The van der Waals surface area contributed by atoms with Crippen molar-refractivity contribution in [1.29, 1.82) is 0 Å². The quantitative estimate of drug-likeness (QED) is 0.489. The maximum atomic E-state index is 12.8. The Hall–Kier alpha value is -1.49. The minimum absolute atomic E-state index is 0.311. The predicted octanol–water partition coefficient (Wildman–Crippen LogP) is 4.76. The highest BCUT2D eigenvalue weighted by molar-refractivity contribution is 8.21. The van der Waals surface area contributed by atoms with Gasteiger partial charge in [0, 0.05) is 31.2 Å². The number of halogens is 3. The van der Waals surface area contributed by atoms with E-state index in [1.165, 1.54) is 0 Å². The van der Waals surface area contributed by atoms with Crippen molar-refractivity contribution < 1.29 is 18.3 Å². The van der Waals surface area contributed by atoms with E-state index in [1.807, 2.05) is 13.0 Å². The van der Waals surface area contributed by atoms with Crippen LogP contribution in [0, 0.1) is 6.92 Å². The van der Waals surface area contributed by atoms with Crippen molar-refractivity contribution in [2.24, 2.45) is 0 Å². The predicted molar refractivity (Wildman–Crippen MR) is 97.5 cm³/mol. The number of aryl methyl sites for hydroxylation is 1. The Balaban J connectivity index is 2.05.